The minimum atomic E-state index is -0.457. The highest BCUT2D eigenvalue weighted by atomic mass is 35.5. The summed E-state index contributed by atoms with van der Waals surface area (Å²) in [4.78, 5) is 19.8. The summed E-state index contributed by atoms with van der Waals surface area (Å²) in [5.41, 5.74) is 2.30. The topological polar surface area (TPSA) is 108 Å². The molecule has 5 aromatic rings. The maximum absolute atomic E-state index is 10.8. The number of non-ortho nitro benzene ring substituents is 1. The van der Waals surface area contributed by atoms with Crippen LogP contribution in [-0.4, -0.2) is 25.1 Å². The zero-order valence-corrected chi connectivity index (χ0v) is 18.5. The molecule has 0 aliphatic carbocycles. The Morgan fingerprint density at radius 3 is 2.48 bits per heavy atom. The van der Waals surface area contributed by atoms with E-state index in [1.54, 1.807) is 18.2 Å². The van der Waals surface area contributed by atoms with Gasteiger partial charge in [0.15, 0.2) is 5.82 Å². The summed E-state index contributed by atoms with van der Waals surface area (Å²) in [5.74, 6) is 1.70. The number of fused-ring (bicyclic) bond motifs is 1. The minimum absolute atomic E-state index is 0.00225. The predicted octanol–water partition coefficient (Wildman–Crippen LogP) is 6.20. The zero-order valence-electron chi connectivity index (χ0n) is 16.9. The van der Waals surface area contributed by atoms with Gasteiger partial charge in [-0.25, -0.2) is 9.97 Å². The third kappa shape index (κ3) is 4.55. The van der Waals surface area contributed by atoms with Crippen LogP contribution in [0, 0.1) is 10.1 Å². The highest BCUT2D eigenvalue weighted by molar-refractivity contribution is 7.98. The molecule has 5 rings (SSSR count). The van der Waals surface area contributed by atoms with Gasteiger partial charge in [-0.1, -0.05) is 53.7 Å². The van der Waals surface area contributed by atoms with Crippen molar-refractivity contribution in [2.75, 3.05) is 0 Å². The van der Waals surface area contributed by atoms with Crippen LogP contribution in [0.25, 0.3) is 33.7 Å². The third-order valence-corrected chi connectivity index (χ3v) is 5.99. The standard InChI is InChI=1S/C23H14ClN5O3S/c24-16-8-11-19-18(12-16)23(26-21(25-19)14-4-2-1-3-5-14)33-13-20-27-28-22(32-20)15-6-9-17(10-7-15)29(30)31/h1-12H,13H2. The first-order chi connectivity index (χ1) is 16.1. The molecule has 2 heterocycles. The number of hydrogen-bond donors (Lipinski definition) is 0. The van der Waals surface area contributed by atoms with Gasteiger partial charge in [0.05, 0.1) is 16.2 Å². The Bertz CT molecular complexity index is 1460. The molecule has 0 bridgehead atoms. The van der Waals surface area contributed by atoms with Gasteiger partial charge in [0.25, 0.3) is 5.69 Å². The zero-order chi connectivity index (χ0) is 22.8. The molecule has 0 saturated carbocycles. The average molecular weight is 476 g/mol. The van der Waals surface area contributed by atoms with E-state index in [1.807, 2.05) is 42.5 Å². The van der Waals surface area contributed by atoms with Gasteiger partial charge in [-0.15, -0.1) is 10.2 Å². The van der Waals surface area contributed by atoms with Gasteiger partial charge in [-0.05, 0) is 30.3 Å². The normalized spacial score (nSPS) is 11.1. The highest BCUT2D eigenvalue weighted by Crippen LogP contribution is 2.32. The molecule has 10 heteroatoms. The fourth-order valence-corrected chi connectivity index (χ4v) is 4.20. The number of nitro benzene ring substituents is 1. The molecule has 0 atom stereocenters. The quantitative estimate of drug-likeness (QED) is 0.123. The first kappa shape index (κ1) is 21.0. The summed E-state index contributed by atoms with van der Waals surface area (Å²) < 4.78 is 5.76. The smallest absolute Gasteiger partial charge is 0.269 e. The molecular weight excluding hydrogens is 462 g/mol. The van der Waals surface area contributed by atoms with Gasteiger partial charge in [-0.3, -0.25) is 10.1 Å². The van der Waals surface area contributed by atoms with Crippen molar-refractivity contribution in [3.8, 4) is 22.8 Å². The lowest BCUT2D eigenvalue weighted by Gasteiger charge is -2.08. The van der Waals surface area contributed by atoms with E-state index in [0.29, 0.717) is 33.9 Å². The number of nitro groups is 1. The Kier molecular flexibility index (Phi) is 5.72. The van der Waals surface area contributed by atoms with Gasteiger partial charge < -0.3 is 4.42 Å². The maximum atomic E-state index is 10.8. The lowest BCUT2D eigenvalue weighted by Crippen LogP contribution is -1.94. The van der Waals surface area contributed by atoms with Gasteiger partial charge in [0, 0.05) is 33.7 Å². The number of halogens is 1. The number of benzene rings is 3. The first-order valence-corrected chi connectivity index (χ1v) is 11.2. The van der Waals surface area contributed by atoms with Crippen LogP contribution in [0.3, 0.4) is 0 Å². The van der Waals surface area contributed by atoms with E-state index in [0.717, 1.165) is 21.5 Å². The van der Waals surface area contributed by atoms with Crippen LogP contribution in [-0.2, 0) is 5.75 Å². The lowest BCUT2D eigenvalue weighted by atomic mass is 10.2. The Balaban J connectivity index is 1.42. The van der Waals surface area contributed by atoms with Crippen LogP contribution in [0.15, 0.2) is 82.2 Å². The second-order valence-electron chi connectivity index (χ2n) is 6.97. The maximum Gasteiger partial charge on any atom is 0.269 e. The monoisotopic (exact) mass is 475 g/mol. The van der Waals surface area contributed by atoms with Crippen molar-refractivity contribution in [1.82, 2.24) is 20.2 Å². The molecule has 0 saturated heterocycles. The van der Waals surface area contributed by atoms with Crippen molar-refractivity contribution in [3.05, 3.63) is 93.8 Å². The van der Waals surface area contributed by atoms with E-state index in [-0.39, 0.29) is 5.69 Å². The SMILES string of the molecule is O=[N+]([O-])c1ccc(-c2nnc(CSc3nc(-c4ccccc4)nc4ccc(Cl)cc34)o2)cc1. The molecule has 0 radical (unpaired) electrons. The summed E-state index contributed by atoms with van der Waals surface area (Å²) in [6.45, 7) is 0. The van der Waals surface area contributed by atoms with Gasteiger partial charge in [0.2, 0.25) is 11.8 Å². The van der Waals surface area contributed by atoms with E-state index in [1.165, 1.54) is 23.9 Å². The van der Waals surface area contributed by atoms with E-state index in [4.69, 9.17) is 21.0 Å². The summed E-state index contributed by atoms with van der Waals surface area (Å²) in [6.07, 6.45) is 0. The molecular formula is C23H14ClN5O3S. The number of aromatic nitrogens is 4. The largest absolute Gasteiger partial charge is 0.420 e. The van der Waals surface area contributed by atoms with Gasteiger partial charge in [-0.2, -0.15) is 0 Å². The van der Waals surface area contributed by atoms with E-state index >= 15 is 0 Å². The fraction of sp³-hybridized carbons (Fsp3) is 0.0435. The van der Waals surface area contributed by atoms with Crippen molar-refractivity contribution in [2.24, 2.45) is 0 Å². The second kappa shape index (κ2) is 8.97. The number of thioether (sulfide) groups is 1. The van der Waals surface area contributed by atoms with Crippen molar-refractivity contribution in [2.45, 2.75) is 10.8 Å². The minimum Gasteiger partial charge on any atom is -0.420 e. The number of hydrogen-bond acceptors (Lipinski definition) is 8. The van der Waals surface area contributed by atoms with Crippen LogP contribution < -0.4 is 0 Å². The molecule has 2 aromatic heterocycles. The fourth-order valence-electron chi connectivity index (χ4n) is 3.18. The molecule has 0 amide bonds. The molecule has 0 fully saturated rings. The van der Waals surface area contributed by atoms with Crippen LogP contribution in [0.5, 0.6) is 0 Å². The molecule has 33 heavy (non-hydrogen) atoms. The molecule has 0 N–H and O–H groups in total. The molecule has 0 unspecified atom stereocenters. The summed E-state index contributed by atoms with van der Waals surface area (Å²) in [5, 5.41) is 21.2. The summed E-state index contributed by atoms with van der Waals surface area (Å²) in [6, 6.07) is 21.2. The third-order valence-electron chi connectivity index (χ3n) is 4.78. The van der Waals surface area contributed by atoms with Crippen LogP contribution >= 0.6 is 23.4 Å². The molecule has 3 aromatic carbocycles. The average Bonchev–Trinajstić information content (AvgIpc) is 3.32. The van der Waals surface area contributed by atoms with Gasteiger partial charge in [0.1, 0.15) is 5.03 Å². The van der Waals surface area contributed by atoms with Crippen LogP contribution in [0.1, 0.15) is 5.89 Å². The lowest BCUT2D eigenvalue weighted by molar-refractivity contribution is -0.384. The Morgan fingerprint density at radius 2 is 1.73 bits per heavy atom. The van der Waals surface area contributed by atoms with Crippen molar-refractivity contribution in [3.63, 3.8) is 0 Å². The number of rotatable bonds is 6. The van der Waals surface area contributed by atoms with Crippen LogP contribution in [0.2, 0.25) is 5.02 Å². The first-order valence-electron chi connectivity index (χ1n) is 9.79. The molecule has 0 aliphatic rings. The molecule has 0 aliphatic heterocycles. The molecule has 0 spiro atoms. The molecule has 8 nitrogen and oxygen atoms in total. The van der Waals surface area contributed by atoms with Crippen molar-refractivity contribution < 1.29 is 9.34 Å². The number of nitrogens with zero attached hydrogens (tertiary/aromatic N) is 5. The predicted molar refractivity (Wildman–Crippen MR) is 126 cm³/mol. The highest BCUT2D eigenvalue weighted by Gasteiger charge is 2.15. The Hall–Kier alpha value is -3.82. The Morgan fingerprint density at radius 1 is 0.939 bits per heavy atom. The second-order valence-corrected chi connectivity index (χ2v) is 8.37. The van der Waals surface area contributed by atoms with Gasteiger partial charge >= 0.3 is 0 Å². The Labute approximate surface area is 196 Å². The van der Waals surface area contributed by atoms with Crippen molar-refractivity contribution in [1.29, 1.82) is 0 Å². The van der Waals surface area contributed by atoms with E-state index in [2.05, 4.69) is 15.2 Å². The summed E-state index contributed by atoms with van der Waals surface area (Å²) >= 11 is 7.66. The van der Waals surface area contributed by atoms with Crippen molar-refractivity contribution >= 4 is 40.0 Å². The van der Waals surface area contributed by atoms with E-state index in [9.17, 15) is 10.1 Å². The summed E-state index contributed by atoms with van der Waals surface area (Å²) in [7, 11) is 0. The van der Waals surface area contributed by atoms with Crippen LogP contribution in [0.4, 0.5) is 5.69 Å². The van der Waals surface area contributed by atoms with E-state index < -0.39 is 4.92 Å². The molecule has 162 valence electrons.